The molecule has 1 heterocycles. The second kappa shape index (κ2) is 7.98. The van der Waals surface area contributed by atoms with Gasteiger partial charge in [0.05, 0.1) is 5.92 Å². The molecule has 0 spiro atoms. The van der Waals surface area contributed by atoms with Crippen LogP contribution < -0.4 is 10.6 Å². The van der Waals surface area contributed by atoms with Gasteiger partial charge in [-0.25, -0.2) is 4.79 Å². The topological polar surface area (TPSA) is 93.2 Å². The van der Waals surface area contributed by atoms with Crippen LogP contribution in [-0.4, -0.2) is 34.3 Å². The Morgan fingerprint density at radius 2 is 1.80 bits per heavy atom. The highest BCUT2D eigenvalue weighted by atomic mass is 32.1. The van der Waals surface area contributed by atoms with Gasteiger partial charge in [-0.3, -0.25) is 4.79 Å². The lowest BCUT2D eigenvalue weighted by molar-refractivity contribution is -0.138. The highest BCUT2D eigenvalue weighted by molar-refractivity contribution is 7.15. The number of anilines is 1. The number of alkyl halides is 3. The highest BCUT2D eigenvalue weighted by Gasteiger charge is 2.36. The van der Waals surface area contributed by atoms with Crippen molar-refractivity contribution in [1.82, 2.24) is 15.5 Å². The first kappa shape index (κ1) is 21.1. The van der Waals surface area contributed by atoms with Crippen molar-refractivity contribution in [3.63, 3.8) is 0 Å². The third-order valence-electron chi connectivity index (χ3n) is 2.90. The lowest BCUT2D eigenvalue weighted by Gasteiger charge is -2.23. The Kier molecular flexibility index (Phi) is 6.75. The lowest BCUT2D eigenvalue weighted by atomic mass is 9.95. The molecule has 0 aliphatic heterocycles. The van der Waals surface area contributed by atoms with Crippen LogP contribution in [0.5, 0.6) is 0 Å². The number of carbonyl (C=O) groups excluding carboxylic acids is 2. The van der Waals surface area contributed by atoms with E-state index < -0.39 is 34.7 Å². The van der Waals surface area contributed by atoms with E-state index in [4.69, 9.17) is 4.74 Å². The molecule has 0 aromatic carbocycles. The zero-order valence-electron chi connectivity index (χ0n) is 14.5. The summed E-state index contributed by atoms with van der Waals surface area (Å²) >= 11 is 0.238. The lowest BCUT2D eigenvalue weighted by Crippen LogP contribution is -2.40. The van der Waals surface area contributed by atoms with Gasteiger partial charge in [0, 0.05) is 6.54 Å². The number of ether oxygens (including phenoxy) is 1. The van der Waals surface area contributed by atoms with E-state index in [0.717, 1.165) is 0 Å². The van der Waals surface area contributed by atoms with Crippen LogP contribution in [-0.2, 0) is 15.7 Å². The minimum Gasteiger partial charge on any atom is -0.444 e. The third-order valence-corrected chi connectivity index (χ3v) is 3.79. The fraction of sp³-hybridized carbons (Fsp3) is 0.714. The van der Waals surface area contributed by atoms with E-state index in [1.807, 2.05) is 0 Å². The zero-order chi connectivity index (χ0) is 19.4. The van der Waals surface area contributed by atoms with Crippen molar-refractivity contribution in [3.8, 4) is 0 Å². The number of amides is 2. The van der Waals surface area contributed by atoms with Crippen molar-refractivity contribution in [2.75, 3.05) is 11.9 Å². The van der Waals surface area contributed by atoms with Crippen LogP contribution in [0.1, 0.15) is 39.6 Å². The molecule has 0 fully saturated rings. The SMILES string of the molecule is CC(C)[C@@H](CNC(=O)OC(C)(C)C)C(=O)Nc1nnc(C(F)(F)F)s1. The molecule has 0 saturated heterocycles. The Hall–Kier alpha value is -1.91. The minimum absolute atomic E-state index is 0.0245. The van der Waals surface area contributed by atoms with Crippen molar-refractivity contribution >= 4 is 28.5 Å². The van der Waals surface area contributed by atoms with Gasteiger partial charge in [-0.1, -0.05) is 25.2 Å². The van der Waals surface area contributed by atoms with Gasteiger partial charge in [-0.15, -0.1) is 10.2 Å². The summed E-state index contributed by atoms with van der Waals surface area (Å²) in [5.74, 6) is -1.41. The van der Waals surface area contributed by atoms with Crippen LogP contribution in [0.4, 0.5) is 23.1 Å². The number of hydrogen-bond donors (Lipinski definition) is 2. The zero-order valence-corrected chi connectivity index (χ0v) is 15.3. The van der Waals surface area contributed by atoms with Crippen LogP contribution in [0.2, 0.25) is 0 Å². The van der Waals surface area contributed by atoms with Gasteiger partial charge in [-0.2, -0.15) is 13.2 Å². The second-order valence-electron chi connectivity index (χ2n) is 6.63. The summed E-state index contributed by atoms with van der Waals surface area (Å²) in [6, 6.07) is 0. The summed E-state index contributed by atoms with van der Waals surface area (Å²) in [5.41, 5.74) is -0.680. The summed E-state index contributed by atoms with van der Waals surface area (Å²) < 4.78 is 42.6. The van der Waals surface area contributed by atoms with E-state index in [0.29, 0.717) is 0 Å². The summed E-state index contributed by atoms with van der Waals surface area (Å²) in [7, 11) is 0. The number of halogens is 3. The molecule has 0 aliphatic carbocycles. The van der Waals surface area contributed by atoms with E-state index in [2.05, 4.69) is 20.8 Å². The quantitative estimate of drug-likeness (QED) is 0.815. The number of carbonyl (C=O) groups is 2. The van der Waals surface area contributed by atoms with Crippen LogP contribution in [0.3, 0.4) is 0 Å². The molecule has 7 nitrogen and oxygen atoms in total. The van der Waals surface area contributed by atoms with E-state index in [-0.39, 0.29) is 28.9 Å². The Morgan fingerprint density at radius 3 is 2.24 bits per heavy atom. The van der Waals surface area contributed by atoms with Crippen LogP contribution in [0.25, 0.3) is 0 Å². The molecule has 1 aromatic heterocycles. The van der Waals surface area contributed by atoms with Gasteiger partial charge < -0.3 is 15.4 Å². The Balaban J connectivity index is 2.68. The van der Waals surface area contributed by atoms with Gasteiger partial charge in [-0.05, 0) is 26.7 Å². The predicted molar refractivity (Wildman–Crippen MR) is 86.1 cm³/mol. The molecule has 0 bridgehead atoms. The Morgan fingerprint density at radius 1 is 1.20 bits per heavy atom. The van der Waals surface area contributed by atoms with Crippen LogP contribution >= 0.6 is 11.3 Å². The number of nitrogens with one attached hydrogen (secondary N) is 2. The van der Waals surface area contributed by atoms with E-state index in [1.54, 1.807) is 34.6 Å². The number of nitrogens with zero attached hydrogens (tertiary/aromatic N) is 2. The molecular weight excluding hydrogens is 361 g/mol. The van der Waals surface area contributed by atoms with Crippen LogP contribution in [0, 0.1) is 11.8 Å². The molecule has 142 valence electrons. The Labute approximate surface area is 147 Å². The molecule has 1 atom stereocenters. The average Bonchev–Trinajstić information content (AvgIpc) is 2.84. The molecular formula is C14H21F3N4O3S. The minimum atomic E-state index is -4.61. The fourth-order valence-corrected chi connectivity index (χ4v) is 2.34. The molecule has 2 amide bonds. The maximum Gasteiger partial charge on any atom is 0.445 e. The van der Waals surface area contributed by atoms with Gasteiger partial charge >= 0.3 is 12.3 Å². The van der Waals surface area contributed by atoms with Crippen molar-refractivity contribution in [1.29, 1.82) is 0 Å². The maximum atomic E-state index is 12.5. The predicted octanol–water partition coefficient (Wildman–Crippen LogP) is 3.29. The summed E-state index contributed by atoms with van der Waals surface area (Å²) in [6.07, 6.45) is -5.29. The van der Waals surface area contributed by atoms with Gasteiger partial charge in [0.15, 0.2) is 0 Å². The first-order valence-corrected chi connectivity index (χ1v) is 8.29. The molecule has 0 saturated carbocycles. The van der Waals surface area contributed by atoms with E-state index in [9.17, 15) is 22.8 Å². The summed E-state index contributed by atoms with van der Waals surface area (Å²) in [6.45, 7) is 8.58. The van der Waals surface area contributed by atoms with Crippen molar-refractivity contribution in [2.45, 2.75) is 46.4 Å². The molecule has 1 aromatic rings. The van der Waals surface area contributed by atoms with Gasteiger partial charge in [0.1, 0.15) is 5.60 Å². The molecule has 0 radical (unpaired) electrons. The number of hydrogen-bond acceptors (Lipinski definition) is 6. The summed E-state index contributed by atoms with van der Waals surface area (Å²) in [5, 5.41) is 9.70. The van der Waals surface area contributed by atoms with Crippen molar-refractivity contribution in [3.05, 3.63) is 5.01 Å². The molecule has 0 unspecified atom stereocenters. The smallest absolute Gasteiger partial charge is 0.444 e. The number of aromatic nitrogens is 2. The van der Waals surface area contributed by atoms with E-state index >= 15 is 0 Å². The first-order valence-electron chi connectivity index (χ1n) is 7.48. The number of alkyl carbamates (subject to hydrolysis) is 1. The maximum absolute atomic E-state index is 12.5. The number of rotatable bonds is 5. The molecule has 2 N–H and O–H groups in total. The average molecular weight is 382 g/mol. The second-order valence-corrected chi connectivity index (χ2v) is 7.61. The van der Waals surface area contributed by atoms with E-state index in [1.165, 1.54) is 0 Å². The third kappa shape index (κ3) is 7.24. The van der Waals surface area contributed by atoms with Crippen LogP contribution in [0.15, 0.2) is 0 Å². The monoisotopic (exact) mass is 382 g/mol. The molecule has 1 rings (SSSR count). The Bertz CT molecular complexity index is 611. The van der Waals surface area contributed by atoms with Gasteiger partial charge in [0.2, 0.25) is 16.0 Å². The normalized spacial score (nSPS) is 13.5. The molecule has 25 heavy (non-hydrogen) atoms. The van der Waals surface area contributed by atoms with Gasteiger partial charge in [0.25, 0.3) is 0 Å². The highest BCUT2D eigenvalue weighted by Crippen LogP contribution is 2.33. The molecule has 11 heteroatoms. The summed E-state index contributed by atoms with van der Waals surface area (Å²) in [4.78, 5) is 23.9. The fourth-order valence-electron chi connectivity index (χ4n) is 1.73. The standard InChI is InChI=1S/C14H21F3N4O3S/c1-7(2)8(6-18-12(23)24-13(3,4)5)9(22)19-11-21-20-10(25-11)14(15,16)17/h7-8H,6H2,1-5H3,(H,18,23)(H,19,21,22)/t8-/m1/s1. The molecule has 0 aliphatic rings. The van der Waals surface area contributed by atoms with Crippen molar-refractivity contribution in [2.24, 2.45) is 11.8 Å². The largest absolute Gasteiger partial charge is 0.445 e. The first-order chi connectivity index (χ1) is 11.3. The van der Waals surface area contributed by atoms with Crippen molar-refractivity contribution < 1.29 is 27.5 Å².